The van der Waals surface area contributed by atoms with Gasteiger partial charge < -0.3 is 4.74 Å². The van der Waals surface area contributed by atoms with Gasteiger partial charge in [0.2, 0.25) is 0 Å². The van der Waals surface area contributed by atoms with Gasteiger partial charge >= 0.3 is 0 Å². The Morgan fingerprint density at radius 2 is 1.85 bits per heavy atom. The Kier molecular flexibility index (Phi) is 1.55. The lowest BCUT2D eigenvalue weighted by atomic mass is 10.1. The molecular formula is C9H6NO3. The first-order valence-corrected chi connectivity index (χ1v) is 3.71. The van der Waals surface area contributed by atoms with Crippen molar-refractivity contribution in [3.05, 3.63) is 29.3 Å². The number of amides is 2. The standard InChI is InChI=1S/C9H6NO3/c1-13-5-2-3-6-7(4-5)9(12)10-8(6)11/h2-4H,1H3. The molecule has 65 valence electrons. The van der Waals surface area contributed by atoms with Crippen molar-refractivity contribution in [1.29, 1.82) is 0 Å². The lowest BCUT2D eigenvalue weighted by Crippen LogP contribution is -2.10. The first-order chi connectivity index (χ1) is 6.22. The van der Waals surface area contributed by atoms with Crippen molar-refractivity contribution in [2.45, 2.75) is 0 Å². The van der Waals surface area contributed by atoms with Crippen LogP contribution in [0.5, 0.6) is 5.75 Å². The molecule has 0 N–H and O–H groups in total. The summed E-state index contributed by atoms with van der Waals surface area (Å²) in [6.45, 7) is 0. The Labute approximate surface area is 74.5 Å². The highest BCUT2D eigenvalue weighted by Crippen LogP contribution is 2.21. The van der Waals surface area contributed by atoms with Crippen molar-refractivity contribution in [2.24, 2.45) is 0 Å². The molecule has 1 radical (unpaired) electrons. The normalized spacial score (nSPS) is 13.9. The van der Waals surface area contributed by atoms with Gasteiger partial charge in [-0.2, -0.15) is 5.32 Å². The lowest BCUT2D eigenvalue weighted by Gasteiger charge is -1.99. The highest BCUT2D eigenvalue weighted by molar-refractivity contribution is 6.21. The molecular weight excluding hydrogens is 170 g/mol. The molecule has 0 unspecified atom stereocenters. The number of ether oxygens (including phenoxy) is 1. The van der Waals surface area contributed by atoms with Crippen molar-refractivity contribution >= 4 is 11.8 Å². The maximum atomic E-state index is 11.1. The largest absolute Gasteiger partial charge is 0.497 e. The van der Waals surface area contributed by atoms with E-state index in [-0.39, 0.29) is 0 Å². The van der Waals surface area contributed by atoms with Gasteiger partial charge in [-0.15, -0.1) is 0 Å². The van der Waals surface area contributed by atoms with Crippen LogP contribution in [0.15, 0.2) is 18.2 Å². The van der Waals surface area contributed by atoms with Crippen molar-refractivity contribution < 1.29 is 14.3 Å². The smallest absolute Gasteiger partial charge is 0.281 e. The number of hydrogen-bond donors (Lipinski definition) is 0. The number of hydrogen-bond acceptors (Lipinski definition) is 3. The molecule has 1 aliphatic heterocycles. The topological polar surface area (TPSA) is 57.5 Å². The van der Waals surface area contributed by atoms with Crippen LogP contribution in [0.2, 0.25) is 0 Å². The number of fused-ring (bicyclic) bond motifs is 1. The zero-order chi connectivity index (χ0) is 9.42. The third kappa shape index (κ3) is 1.07. The summed E-state index contributed by atoms with van der Waals surface area (Å²) < 4.78 is 4.92. The second kappa shape index (κ2) is 2.58. The van der Waals surface area contributed by atoms with Gasteiger partial charge in [-0.25, -0.2) is 0 Å². The van der Waals surface area contributed by atoms with E-state index < -0.39 is 11.8 Å². The molecule has 1 aliphatic rings. The molecule has 0 aromatic heterocycles. The van der Waals surface area contributed by atoms with Gasteiger partial charge in [0.05, 0.1) is 18.2 Å². The molecule has 0 spiro atoms. The van der Waals surface area contributed by atoms with Crippen molar-refractivity contribution in [1.82, 2.24) is 5.32 Å². The molecule has 0 fully saturated rings. The molecule has 0 aliphatic carbocycles. The summed E-state index contributed by atoms with van der Waals surface area (Å²) in [7, 11) is 1.50. The number of imide groups is 1. The maximum Gasteiger partial charge on any atom is 0.281 e. The molecule has 13 heavy (non-hydrogen) atoms. The average molecular weight is 176 g/mol. The minimum atomic E-state index is -0.487. The van der Waals surface area contributed by atoms with E-state index in [0.717, 1.165) is 0 Å². The van der Waals surface area contributed by atoms with Crippen LogP contribution in [0.3, 0.4) is 0 Å². The summed E-state index contributed by atoms with van der Waals surface area (Å²) in [6.07, 6.45) is 0. The van der Waals surface area contributed by atoms with Gasteiger partial charge in [-0.1, -0.05) is 0 Å². The van der Waals surface area contributed by atoms with Gasteiger partial charge in [-0.3, -0.25) is 9.59 Å². The van der Waals surface area contributed by atoms with E-state index in [9.17, 15) is 9.59 Å². The van der Waals surface area contributed by atoms with E-state index in [2.05, 4.69) is 5.32 Å². The Balaban J connectivity index is 2.58. The van der Waals surface area contributed by atoms with Gasteiger partial charge in [0.1, 0.15) is 5.75 Å². The molecule has 0 saturated carbocycles. The van der Waals surface area contributed by atoms with Crippen molar-refractivity contribution in [3.63, 3.8) is 0 Å². The second-order valence-electron chi connectivity index (χ2n) is 2.63. The molecule has 0 bridgehead atoms. The maximum absolute atomic E-state index is 11.1. The van der Waals surface area contributed by atoms with Crippen LogP contribution in [0.1, 0.15) is 20.7 Å². The molecule has 1 aromatic rings. The van der Waals surface area contributed by atoms with Crippen LogP contribution in [-0.2, 0) is 0 Å². The van der Waals surface area contributed by atoms with Gasteiger partial charge in [0, 0.05) is 0 Å². The Hall–Kier alpha value is -1.84. The number of carbonyl (C=O) groups is 2. The fourth-order valence-corrected chi connectivity index (χ4v) is 1.23. The lowest BCUT2D eigenvalue weighted by molar-refractivity contribution is 0.0873. The van der Waals surface area contributed by atoms with Crippen molar-refractivity contribution in [3.8, 4) is 5.75 Å². The molecule has 4 heteroatoms. The molecule has 0 saturated heterocycles. The highest BCUT2D eigenvalue weighted by Gasteiger charge is 2.28. The fourth-order valence-electron chi connectivity index (χ4n) is 1.23. The molecule has 2 rings (SSSR count). The second-order valence-corrected chi connectivity index (χ2v) is 2.63. The predicted molar refractivity (Wildman–Crippen MR) is 43.8 cm³/mol. The van der Waals surface area contributed by atoms with Crippen LogP contribution in [0, 0.1) is 0 Å². The quantitative estimate of drug-likeness (QED) is 0.588. The SMILES string of the molecule is COc1ccc2c(c1)C(=O)[N]C2=O. The van der Waals surface area contributed by atoms with E-state index in [0.29, 0.717) is 16.9 Å². The molecule has 4 nitrogen and oxygen atoms in total. The molecule has 1 heterocycles. The molecule has 0 atom stereocenters. The summed E-state index contributed by atoms with van der Waals surface area (Å²) in [6, 6.07) is 4.70. The first kappa shape index (κ1) is 7.79. The van der Waals surface area contributed by atoms with Crippen LogP contribution >= 0.6 is 0 Å². The van der Waals surface area contributed by atoms with E-state index >= 15 is 0 Å². The van der Waals surface area contributed by atoms with E-state index in [1.54, 1.807) is 12.1 Å². The first-order valence-electron chi connectivity index (χ1n) is 3.71. The highest BCUT2D eigenvalue weighted by atomic mass is 16.5. The molecule has 1 aromatic carbocycles. The number of benzene rings is 1. The monoisotopic (exact) mass is 176 g/mol. The predicted octanol–water partition coefficient (Wildman–Crippen LogP) is 0.594. The molecule has 2 amide bonds. The summed E-state index contributed by atoms with van der Waals surface area (Å²) in [4.78, 5) is 22.1. The third-order valence-corrected chi connectivity index (χ3v) is 1.89. The van der Waals surface area contributed by atoms with Crippen LogP contribution in [0.4, 0.5) is 0 Å². The summed E-state index contributed by atoms with van der Waals surface area (Å²) in [5, 5.41) is 3.30. The van der Waals surface area contributed by atoms with Crippen molar-refractivity contribution in [2.75, 3.05) is 7.11 Å². The van der Waals surface area contributed by atoms with Gasteiger partial charge in [0.25, 0.3) is 11.8 Å². The van der Waals surface area contributed by atoms with E-state index in [1.807, 2.05) is 0 Å². The summed E-state index contributed by atoms with van der Waals surface area (Å²) in [5.74, 6) is -0.404. The van der Waals surface area contributed by atoms with Crippen LogP contribution in [-0.4, -0.2) is 18.9 Å². The minimum absolute atomic E-state index is 0.323. The minimum Gasteiger partial charge on any atom is -0.497 e. The zero-order valence-corrected chi connectivity index (χ0v) is 6.90. The number of rotatable bonds is 1. The van der Waals surface area contributed by atoms with Gasteiger partial charge in [-0.05, 0) is 18.2 Å². The Bertz CT molecular complexity index is 398. The van der Waals surface area contributed by atoms with E-state index in [1.165, 1.54) is 13.2 Å². The fraction of sp³-hybridized carbons (Fsp3) is 0.111. The van der Waals surface area contributed by atoms with E-state index in [4.69, 9.17) is 4.74 Å². The van der Waals surface area contributed by atoms with Gasteiger partial charge in [0.15, 0.2) is 0 Å². The summed E-state index contributed by atoms with van der Waals surface area (Å²) in [5.41, 5.74) is 0.676. The Morgan fingerprint density at radius 3 is 2.54 bits per heavy atom. The van der Waals surface area contributed by atoms with Crippen LogP contribution in [0.25, 0.3) is 0 Å². The third-order valence-electron chi connectivity index (χ3n) is 1.89. The van der Waals surface area contributed by atoms with Crippen LogP contribution < -0.4 is 10.1 Å². The Morgan fingerprint density at radius 1 is 1.15 bits per heavy atom. The number of methoxy groups -OCH3 is 1. The zero-order valence-electron chi connectivity index (χ0n) is 6.90. The number of carbonyl (C=O) groups excluding carboxylic acids is 2. The summed E-state index contributed by atoms with van der Waals surface area (Å²) >= 11 is 0. The number of nitrogens with zero attached hydrogens (tertiary/aromatic N) is 1. The average Bonchev–Trinajstić information content (AvgIpc) is 2.42.